The van der Waals surface area contributed by atoms with Gasteiger partial charge in [-0.05, 0) is 17.2 Å². The van der Waals surface area contributed by atoms with Crippen molar-refractivity contribution >= 4 is 29.1 Å². The summed E-state index contributed by atoms with van der Waals surface area (Å²) in [5.41, 5.74) is 3.51. The molecule has 2 aromatic carbocycles. The fourth-order valence-corrected chi connectivity index (χ4v) is 4.99. The Morgan fingerprint density at radius 3 is 2.60 bits per heavy atom. The van der Waals surface area contributed by atoms with Gasteiger partial charge >= 0.3 is 0 Å². The summed E-state index contributed by atoms with van der Waals surface area (Å²) in [4.78, 5) is 23.2. The maximum absolute atomic E-state index is 10.9. The number of aldehydes is 1. The van der Waals surface area contributed by atoms with Gasteiger partial charge in [0.05, 0.1) is 29.4 Å². The molecule has 2 aromatic heterocycles. The number of aromatic nitrogens is 3. The number of pyridine rings is 1. The minimum absolute atomic E-state index is 0.0185. The van der Waals surface area contributed by atoms with E-state index in [9.17, 15) is 9.90 Å². The highest BCUT2D eigenvalue weighted by Crippen LogP contribution is 2.37. The number of aliphatic hydroxyl groups is 1. The number of benzene rings is 2. The van der Waals surface area contributed by atoms with Crippen LogP contribution in [0, 0.1) is 0 Å². The first-order valence-electron chi connectivity index (χ1n) is 11.3. The van der Waals surface area contributed by atoms with Gasteiger partial charge in [-0.15, -0.1) is 0 Å². The van der Waals surface area contributed by atoms with E-state index in [0.717, 1.165) is 16.7 Å². The Morgan fingerprint density at radius 2 is 1.83 bits per heavy atom. The smallest absolute Gasteiger partial charge is 0.296 e. The zero-order chi connectivity index (χ0) is 24.0. The SMILES string of the molecule is O=CC[C@@]1(O)CO[C@H]2C1OC[C@H]2Oc1nc2nc(-c3ccc(-c4ccccc4)cc3)c(Cl)cc2[nH]1. The first-order valence-corrected chi connectivity index (χ1v) is 11.7. The van der Waals surface area contributed by atoms with Crippen LogP contribution in [0.5, 0.6) is 6.01 Å². The lowest BCUT2D eigenvalue weighted by molar-refractivity contribution is -0.118. The van der Waals surface area contributed by atoms with Gasteiger partial charge in [-0.25, -0.2) is 4.98 Å². The molecule has 0 bridgehead atoms. The molecule has 1 unspecified atom stereocenters. The van der Waals surface area contributed by atoms with E-state index in [-0.39, 0.29) is 25.6 Å². The molecule has 178 valence electrons. The second-order valence-corrected chi connectivity index (χ2v) is 9.24. The third kappa shape index (κ3) is 3.98. The summed E-state index contributed by atoms with van der Waals surface area (Å²) in [6.45, 7) is 0.228. The molecule has 0 radical (unpaired) electrons. The maximum atomic E-state index is 10.9. The Balaban J connectivity index is 1.23. The van der Waals surface area contributed by atoms with Crippen LogP contribution in [-0.4, -0.2) is 63.5 Å². The second-order valence-electron chi connectivity index (χ2n) is 8.84. The molecule has 9 heteroatoms. The van der Waals surface area contributed by atoms with Crippen molar-refractivity contribution < 1.29 is 24.1 Å². The number of rotatable bonds is 6. The van der Waals surface area contributed by atoms with Crippen LogP contribution in [-0.2, 0) is 14.3 Å². The molecule has 4 atom stereocenters. The van der Waals surface area contributed by atoms with Gasteiger partial charge in [0.2, 0.25) is 0 Å². The van der Waals surface area contributed by atoms with Crippen LogP contribution in [0.3, 0.4) is 0 Å². The van der Waals surface area contributed by atoms with Crippen LogP contribution in [0.4, 0.5) is 0 Å². The molecule has 2 aliphatic rings. The summed E-state index contributed by atoms with van der Waals surface area (Å²) in [6.07, 6.45) is -0.987. The predicted octanol–water partition coefficient (Wildman–Crippen LogP) is 3.81. The standard InChI is InChI=1S/C26H22ClN3O5/c27-18-12-19-24(29-21(18)17-8-6-16(7-9-17)15-4-2-1-3-5-15)30-25(28-19)35-20-13-33-23-22(20)34-14-26(23,32)10-11-31/h1-9,11-12,20,22-23,32H,10,13-14H2,(H,28,29,30)/t20-,22-,23?,26-/m1/s1. The summed E-state index contributed by atoms with van der Waals surface area (Å²) in [6, 6.07) is 20.2. The summed E-state index contributed by atoms with van der Waals surface area (Å²) >= 11 is 6.56. The Morgan fingerprint density at radius 1 is 1.09 bits per heavy atom. The van der Waals surface area contributed by atoms with Crippen molar-refractivity contribution in [3.8, 4) is 28.4 Å². The van der Waals surface area contributed by atoms with Crippen molar-refractivity contribution in [1.82, 2.24) is 15.0 Å². The molecular weight excluding hydrogens is 470 g/mol. The third-order valence-corrected chi connectivity index (χ3v) is 6.82. The number of hydrogen-bond donors (Lipinski definition) is 2. The number of fused-ring (bicyclic) bond motifs is 2. The number of nitrogens with one attached hydrogen (secondary N) is 1. The number of H-pyrrole nitrogens is 1. The highest BCUT2D eigenvalue weighted by atomic mass is 35.5. The van der Waals surface area contributed by atoms with Crippen molar-refractivity contribution in [3.63, 3.8) is 0 Å². The van der Waals surface area contributed by atoms with Gasteiger partial charge in [0.15, 0.2) is 11.8 Å². The van der Waals surface area contributed by atoms with Crippen molar-refractivity contribution in [1.29, 1.82) is 0 Å². The lowest BCUT2D eigenvalue weighted by atomic mass is 9.93. The van der Waals surface area contributed by atoms with Gasteiger partial charge in [-0.1, -0.05) is 66.2 Å². The molecule has 2 aliphatic heterocycles. The first-order chi connectivity index (χ1) is 17.0. The molecule has 0 saturated carbocycles. The average molecular weight is 492 g/mol. The predicted molar refractivity (Wildman–Crippen MR) is 129 cm³/mol. The molecule has 8 nitrogen and oxygen atoms in total. The average Bonchev–Trinajstić information content (AvgIpc) is 3.55. The van der Waals surface area contributed by atoms with E-state index in [2.05, 4.69) is 27.1 Å². The van der Waals surface area contributed by atoms with Gasteiger partial charge in [-0.3, -0.25) is 0 Å². The quantitative estimate of drug-likeness (QED) is 0.395. The molecule has 2 N–H and O–H groups in total. The summed E-state index contributed by atoms with van der Waals surface area (Å²) < 4.78 is 17.4. The van der Waals surface area contributed by atoms with Crippen molar-refractivity contribution in [3.05, 3.63) is 65.7 Å². The fourth-order valence-electron chi connectivity index (χ4n) is 4.73. The Hall–Kier alpha value is -3.30. The molecule has 4 aromatic rings. The Labute approximate surface area is 205 Å². The van der Waals surface area contributed by atoms with Crippen molar-refractivity contribution in [2.45, 2.75) is 30.3 Å². The van der Waals surface area contributed by atoms with Crippen LogP contribution in [0.15, 0.2) is 60.7 Å². The highest BCUT2D eigenvalue weighted by molar-refractivity contribution is 6.33. The van der Waals surface area contributed by atoms with Gasteiger partial charge in [0, 0.05) is 12.0 Å². The first kappa shape index (κ1) is 22.2. The maximum Gasteiger partial charge on any atom is 0.296 e. The van der Waals surface area contributed by atoms with Crippen LogP contribution in [0.25, 0.3) is 33.5 Å². The molecule has 0 amide bonds. The zero-order valence-electron chi connectivity index (χ0n) is 18.6. The number of carbonyl (C=O) groups excluding carboxylic acids is 1. The normalized spacial score (nSPS) is 25.6. The van der Waals surface area contributed by atoms with Gasteiger partial charge < -0.3 is 29.1 Å². The summed E-state index contributed by atoms with van der Waals surface area (Å²) in [7, 11) is 0. The molecular formula is C26H22ClN3O5. The lowest BCUT2D eigenvalue weighted by Crippen LogP contribution is -2.44. The minimum atomic E-state index is -1.33. The number of imidazole rings is 1. The van der Waals surface area contributed by atoms with Crippen molar-refractivity contribution in [2.24, 2.45) is 0 Å². The summed E-state index contributed by atoms with van der Waals surface area (Å²) in [5.74, 6) is 0. The number of ether oxygens (including phenoxy) is 3. The van der Waals surface area contributed by atoms with E-state index in [1.54, 1.807) is 6.07 Å². The number of nitrogens with zero attached hydrogens (tertiary/aromatic N) is 2. The number of carbonyl (C=O) groups is 1. The zero-order valence-corrected chi connectivity index (χ0v) is 19.3. The molecule has 0 aliphatic carbocycles. The molecule has 0 spiro atoms. The monoisotopic (exact) mass is 491 g/mol. The number of halogens is 1. The minimum Gasteiger partial charge on any atom is -0.456 e. The van der Waals surface area contributed by atoms with Crippen LogP contribution in [0.2, 0.25) is 5.02 Å². The lowest BCUT2D eigenvalue weighted by Gasteiger charge is -2.23. The van der Waals surface area contributed by atoms with Gasteiger partial charge in [-0.2, -0.15) is 4.98 Å². The van der Waals surface area contributed by atoms with Crippen LogP contribution in [0.1, 0.15) is 6.42 Å². The molecule has 4 heterocycles. The third-order valence-electron chi connectivity index (χ3n) is 6.53. The van der Waals surface area contributed by atoms with E-state index in [1.165, 1.54) is 0 Å². The van der Waals surface area contributed by atoms with E-state index < -0.39 is 23.9 Å². The van der Waals surface area contributed by atoms with E-state index in [0.29, 0.717) is 28.2 Å². The number of aromatic amines is 1. The topological polar surface area (TPSA) is 107 Å². The summed E-state index contributed by atoms with van der Waals surface area (Å²) in [5, 5.41) is 11.1. The van der Waals surface area contributed by atoms with Gasteiger partial charge in [0.1, 0.15) is 24.1 Å². The van der Waals surface area contributed by atoms with Gasteiger partial charge in [0.25, 0.3) is 6.01 Å². The second kappa shape index (κ2) is 8.73. The van der Waals surface area contributed by atoms with E-state index >= 15 is 0 Å². The largest absolute Gasteiger partial charge is 0.456 e. The molecule has 2 fully saturated rings. The van der Waals surface area contributed by atoms with Crippen molar-refractivity contribution in [2.75, 3.05) is 13.2 Å². The fraction of sp³-hybridized carbons (Fsp3) is 0.269. The number of hydrogen-bond acceptors (Lipinski definition) is 7. The van der Waals surface area contributed by atoms with E-state index in [1.807, 2.05) is 42.5 Å². The highest BCUT2D eigenvalue weighted by Gasteiger charge is 2.56. The molecule has 6 rings (SSSR count). The molecule has 2 saturated heterocycles. The Bertz CT molecular complexity index is 1380. The van der Waals surface area contributed by atoms with E-state index in [4.69, 9.17) is 25.8 Å². The molecule has 35 heavy (non-hydrogen) atoms. The Kier molecular flexibility index (Phi) is 5.53. The van der Waals surface area contributed by atoms with Crippen LogP contribution >= 0.6 is 11.6 Å². The van der Waals surface area contributed by atoms with Crippen LogP contribution < -0.4 is 4.74 Å².